The van der Waals surface area contributed by atoms with E-state index in [-0.39, 0.29) is 0 Å². The highest BCUT2D eigenvalue weighted by atomic mass is 19.4. The molecule has 0 aliphatic rings. The largest absolute Gasteiger partial charge is 0.480 e. The van der Waals surface area contributed by atoms with Crippen molar-refractivity contribution in [2.24, 2.45) is 0 Å². The number of hydrogen-bond acceptors (Lipinski definition) is 2. The predicted molar refractivity (Wildman–Crippen MR) is 34.4 cm³/mol. The van der Waals surface area contributed by atoms with Crippen molar-refractivity contribution < 1.29 is 45.4 Å². The van der Waals surface area contributed by atoms with E-state index in [0.29, 0.717) is 0 Å². The van der Waals surface area contributed by atoms with E-state index in [9.17, 15) is 35.5 Å². The van der Waals surface area contributed by atoms with Crippen molar-refractivity contribution >= 4 is 5.97 Å². The van der Waals surface area contributed by atoms with E-state index < -0.39 is 37.2 Å². The number of carboxylic acid groups (broad SMARTS) is 1. The molecule has 96 valence electrons. The van der Waals surface area contributed by atoms with Crippen LogP contribution in [0.25, 0.3) is 0 Å². The SMILES string of the molecule is O=C(O)COCC(F)(F)C(F)(F)C(F)(F)F. The number of halogens is 7. The van der Waals surface area contributed by atoms with E-state index >= 15 is 0 Å². The van der Waals surface area contributed by atoms with E-state index in [1.54, 1.807) is 0 Å². The van der Waals surface area contributed by atoms with Crippen LogP contribution in [0.15, 0.2) is 0 Å². The van der Waals surface area contributed by atoms with E-state index in [1.165, 1.54) is 0 Å². The molecule has 0 aromatic rings. The Hall–Kier alpha value is -1.06. The summed E-state index contributed by atoms with van der Waals surface area (Å²) in [6.45, 7) is -3.74. The zero-order valence-corrected chi connectivity index (χ0v) is 7.32. The van der Waals surface area contributed by atoms with Gasteiger partial charge in [-0.25, -0.2) is 4.79 Å². The van der Waals surface area contributed by atoms with Crippen LogP contribution in [0.2, 0.25) is 0 Å². The Labute approximate surface area is 83.8 Å². The van der Waals surface area contributed by atoms with Gasteiger partial charge >= 0.3 is 24.0 Å². The molecule has 0 aliphatic carbocycles. The number of hydrogen-bond donors (Lipinski definition) is 1. The third kappa shape index (κ3) is 3.22. The van der Waals surface area contributed by atoms with Crippen LogP contribution in [0, 0.1) is 0 Å². The first kappa shape index (κ1) is 14.9. The Morgan fingerprint density at radius 2 is 1.50 bits per heavy atom. The smallest absolute Gasteiger partial charge is 0.459 e. The lowest BCUT2D eigenvalue weighted by atomic mass is 10.2. The monoisotopic (exact) mass is 258 g/mol. The molecule has 1 N–H and O–H groups in total. The molecule has 0 heterocycles. The molecule has 0 spiro atoms. The van der Waals surface area contributed by atoms with Gasteiger partial charge in [0.05, 0.1) is 0 Å². The number of rotatable bonds is 5. The van der Waals surface area contributed by atoms with Gasteiger partial charge in [-0.3, -0.25) is 0 Å². The van der Waals surface area contributed by atoms with Gasteiger partial charge in [-0.1, -0.05) is 0 Å². The molecule has 0 aromatic heterocycles. The quantitative estimate of drug-likeness (QED) is 0.766. The van der Waals surface area contributed by atoms with E-state index in [0.717, 1.165) is 0 Å². The van der Waals surface area contributed by atoms with Gasteiger partial charge in [0.1, 0.15) is 13.2 Å². The van der Waals surface area contributed by atoms with Crippen molar-refractivity contribution in [3.63, 3.8) is 0 Å². The molecular formula is C6H5F7O3. The number of ether oxygens (including phenoxy) is 1. The van der Waals surface area contributed by atoms with Crippen molar-refractivity contribution in [1.29, 1.82) is 0 Å². The first-order chi connectivity index (χ1) is 6.92. The highest BCUT2D eigenvalue weighted by molar-refractivity contribution is 5.67. The molecule has 0 aromatic carbocycles. The molecule has 0 saturated carbocycles. The summed E-state index contributed by atoms with van der Waals surface area (Å²) in [6.07, 6.45) is -6.44. The third-order valence-electron chi connectivity index (χ3n) is 1.32. The minimum Gasteiger partial charge on any atom is -0.480 e. The minimum absolute atomic E-state index is 1.40. The first-order valence-corrected chi connectivity index (χ1v) is 3.54. The molecule has 0 amide bonds. The lowest BCUT2D eigenvalue weighted by molar-refractivity contribution is -0.361. The summed E-state index contributed by atoms with van der Waals surface area (Å²) >= 11 is 0. The maximum Gasteiger partial charge on any atom is 0.459 e. The second-order valence-electron chi connectivity index (χ2n) is 2.66. The molecule has 0 aliphatic heterocycles. The molecule has 16 heavy (non-hydrogen) atoms. The average molecular weight is 258 g/mol. The summed E-state index contributed by atoms with van der Waals surface area (Å²) in [7, 11) is 0. The second kappa shape index (κ2) is 4.44. The van der Waals surface area contributed by atoms with Crippen molar-refractivity contribution in [1.82, 2.24) is 0 Å². The molecule has 0 bridgehead atoms. The summed E-state index contributed by atoms with van der Waals surface area (Å²) in [5.41, 5.74) is 0. The van der Waals surface area contributed by atoms with Gasteiger partial charge in [0.15, 0.2) is 0 Å². The maximum atomic E-state index is 12.4. The van der Waals surface area contributed by atoms with Crippen LogP contribution in [-0.2, 0) is 9.53 Å². The molecule has 10 heteroatoms. The first-order valence-electron chi connectivity index (χ1n) is 3.54. The number of carbonyl (C=O) groups is 1. The number of alkyl halides is 7. The standard InChI is InChI=1S/C6H5F7O3/c7-4(8,2-16-1-3(14)15)5(9,10)6(11,12)13/h1-2H2,(H,14,15). The van der Waals surface area contributed by atoms with Crippen LogP contribution in [0.1, 0.15) is 0 Å². The fraction of sp³-hybridized carbons (Fsp3) is 0.833. The fourth-order valence-electron chi connectivity index (χ4n) is 0.565. The average Bonchev–Trinajstić information content (AvgIpc) is 2.00. The zero-order chi connectivity index (χ0) is 13.2. The van der Waals surface area contributed by atoms with Gasteiger partial charge in [-0.15, -0.1) is 0 Å². The van der Waals surface area contributed by atoms with Crippen LogP contribution in [-0.4, -0.2) is 42.3 Å². The molecule has 0 atom stereocenters. The van der Waals surface area contributed by atoms with Crippen molar-refractivity contribution in [2.45, 2.75) is 18.0 Å². The number of aliphatic carboxylic acids is 1. The van der Waals surface area contributed by atoms with Crippen molar-refractivity contribution in [3.05, 3.63) is 0 Å². The Morgan fingerprint density at radius 1 is 1.06 bits per heavy atom. The van der Waals surface area contributed by atoms with Crippen molar-refractivity contribution in [2.75, 3.05) is 13.2 Å². The lowest BCUT2D eigenvalue weighted by Crippen LogP contribution is -2.54. The number of carboxylic acids is 1. The summed E-state index contributed by atoms with van der Waals surface area (Å²) in [5, 5.41) is 7.89. The highest BCUT2D eigenvalue weighted by Gasteiger charge is 2.72. The summed E-state index contributed by atoms with van der Waals surface area (Å²) < 4.78 is 87.0. The predicted octanol–water partition coefficient (Wildman–Crippen LogP) is 1.92. The maximum absolute atomic E-state index is 12.4. The summed E-state index contributed by atoms with van der Waals surface area (Å²) in [6, 6.07) is 0. The van der Waals surface area contributed by atoms with E-state index in [1.807, 2.05) is 0 Å². The van der Waals surface area contributed by atoms with Crippen LogP contribution in [0.5, 0.6) is 0 Å². The van der Waals surface area contributed by atoms with Crippen molar-refractivity contribution in [3.8, 4) is 0 Å². The Kier molecular flexibility index (Phi) is 4.14. The van der Waals surface area contributed by atoms with Gasteiger partial charge in [-0.2, -0.15) is 30.7 Å². The van der Waals surface area contributed by atoms with Crippen LogP contribution in [0.3, 0.4) is 0 Å². The van der Waals surface area contributed by atoms with Crippen LogP contribution in [0.4, 0.5) is 30.7 Å². The van der Waals surface area contributed by atoms with Gasteiger partial charge < -0.3 is 9.84 Å². The lowest BCUT2D eigenvalue weighted by Gasteiger charge is -2.27. The Morgan fingerprint density at radius 3 is 1.81 bits per heavy atom. The van der Waals surface area contributed by atoms with E-state index in [2.05, 4.69) is 4.74 Å². The van der Waals surface area contributed by atoms with Gasteiger partial charge in [0, 0.05) is 0 Å². The molecule has 3 nitrogen and oxygen atoms in total. The zero-order valence-electron chi connectivity index (χ0n) is 7.32. The second-order valence-corrected chi connectivity index (χ2v) is 2.66. The Bertz CT molecular complexity index is 259. The normalized spacial score (nSPS) is 13.9. The van der Waals surface area contributed by atoms with Gasteiger partial charge in [0.25, 0.3) is 0 Å². The third-order valence-corrected chi connectivity index (χ3v) is 1.32. The summed E-state index contributed by atoms with van der Waals surface area (Å²) in [5.74, 6) is -13.6. The highest BCUT2D eigenvalue weighted by Crippen LogP contribution is 2.46. The molecule has 0 radical (unpaired) electrons. The fourth-order valence-corrected chi connectivity index (χ4v) is 0.565. The van der Waals surface area contributed by atoms with E-state index in [4.69, 9.17) is 5.11 Å². The molecule has 0 saturated heterocycles. The minimum atomic E-state index is -6.44. The summed E-state index contributed by atoms with van der Waals surface area (Å²) in [4.78, 5) is 9.75. The van der Waals surface area contributed by atoms with Gasteiger partial charge in [0.2, 0.25) is 0 Å². The molecule has 0 fully saturated rings. The molecule has 0 rings (SSSR count). The van der Waals surface area contributed by atoms with Crippen LogP contribution < -0.4 is 0 Å². The molecular weight excluding hydrogens is 253 g/mol. The van der Waals surface area contributed by atoms with Gasteiger partial charge in [-0.05, 0) is 0 Å². The Balaban J connectivity index is 4.59. The molecule has 0 unspecified atom stereocenters. The topological polar surface area (TPSA) is 46.5 Å². The van der Waals surface area contributed by atoms with Crippen LogP contribution >= 0.6 is 0 Å².